The van der Waals surface area contributed by atoms with E-state index in [1.807, 2.05) is 13.8 Å². The van der Waals surface area contributed by atoms with Gasteiger partial charge in [0.2, 0.25) is 0 Å². The average Bonchev–Trinajstić information content (AvgIpc) is 2.55. The second-order valence-electron chi connectivity index (χ2n) is 3.69. The van der Waals surface area contributed by atoms with Crippen LogP contribution in [-0.2, 0) is 14.3 Å². The van der Waals surface area contributed by atoms with Gasteiger partial charge in [0.15, 0.2) is 0 Å². The monoisotopic (exact) mass is 223 g/mol. The predicted octanol–water partition coefficient (Wildman–Crippen LogP) is 0.724. The van der Waals surface area contributed by atoms with Gasteiger partial charge in [-0.2, -0.15) is 0 Å². The van der Waals surface area contributed by atoms with Crippen molar-refractivity contribution in [1.82, 2.24) is 0 Å². The maximum Gasteiger partial charge on any atom is 0.323 e. The molecule has 0 aromatic rings. The van der Waals surface area contributed by atoms with Gasteiger partial charge in [0, 0.05) is 6.42 Å². The standard InChI is InChI=1S/C9H17NO3.ClH/c1-6(2)8(10)9(11)13-7-3-4-12-5-7;/h6-8H,3-5,10H2,1-2H3;1H/t7-,8-;/m0./s1. The van der Waals surface area contributed by atoms with Gasteiger partial charge >= 0.3 is 5.97 Å². The third kappa shape index (κ3) is 3.82. The zero-order valence-electron chi connectivity index (χ0n) is 8.56. The summed E-state index contributed by atoms with van der Waals surface area (Å²) < 4.78 is 10.2. The fourth-order valence-electron chi connectivity index (χ4n) is 1.12. The maximum absolute atomic E-state index is 11.3. The van der Waals surface area contributed by atoms with E-state index in [0.29, 0.717) is 13.2 Å². The van der Waals surface area contributed by atoms with E-state index in [0.717, 1.165) is 6.42 Å². The molecule has 84 valence electrons. The third-order valence-corrected chi connectivity index (χ3v) is 2.16. The molecule has 14 heavy (non-hydrogen) atoms. The van der Waals surface area contributed by atoms with Crippen molar-refractivity contribution in [3.63, 3.8) is 0 Å². The molecule has 1 fully saturated rings. The van der Waals surface area contributed by atoms with E-state index in [1.54, 1.807) is 0 Å². The molecule has 0 aromatic carbocycles. The normalized spacial score (nSPS) is 23.0. The second-order valence-corrected chi connectivity index (χ2v) is 3.69. The molecule has 1 rings (SSSR count). The lowest BCUT2D eigenvalue weighted by Gasteiger charge is -2.17. The predicted molar refractivity (Wildman–Crippen MR) is 55.4 cm³/mol. The van der Waals surface area contributed by atoms with E-state index in [9.17, 15) is 4.79 Å². The summed E-state index contributed by atoms with van der Waals surface area (Å²) >= 11 is 0. The Bertz CT molecular complexity index is 181. The summed E-state index contributed by atoms with van der Waals surface area (Å²) in [5.74, 6) is -0.194. The Morgan fingerprint density at radius 3 is 2.64 bits per heavy atom. The molecule has 4 nitrogen and oxygen atoms in total. The van der Waals surface area contributed by atoms with E-state index < -0.39 is 6.04 Å². The van der Waals surface area contributed by atoms with Gasteiger partial charge in [0.05, 0.1) is 13.2 Å². The number of carbonyl (C=O) groups is 1. The van der Waals surface area contributed by atoms with Crippen LogP contribution in [0.5, 0.6) is 0 Å². The van der Waals surface area contributed by atoms with E-state index in [2.05, 4.69) is 0 Å². The topological polar surface area (TPSA) is 61.6 Å². The van der Waals surface area contributed by atoms with E-state index >= 15 is 0 Å². The van der Waals surface area contributed by atoms with Crippen LogP contribution in [-0.4, -0.2) is 31.3 Å². The number of ether oxygens (including phenoxy) is 2. The zero-order valence-corrected chi connectivity index (χ0v) is 9.38. The molecular formula is C9H18ClNO3. The molecule has 0 saturated carbocycles. The molecule has 5 heteroatoms. The van der Waals surface area contributed by atoms with Crippen LogP contribution in [0.4, 0.5) is 0 Å². The lowest BCUT2D eigenvalue weighted by Crippen LogP contribution is -2.39. The van der Waals surface area contributed by atoms with Crippen molar-refractivity contribution in [2.75, 3.05) is 13.2 Å². The van der Waals surface area contributed by atoms with Crippen molar-refractivity contribution in [1.29, 1.82) is 0 Å². The van der Waals surface area contributed by atoms with Crippen molar-refractivity contribution in [3.05, 3.63) is 0 Å². The largest absolute Gasteiger partial charge is 0.459 e. The van der Waals surface area contributed by atoms with Crippen LogP contribution in [0.15, 0.2) is 0 Å². The molecular weight excluding hydrogens is 206 g/mol. The molecule has 0 radical (unpaired) electrons. The fourth-order valence-corrected chi connectivity index (χ4v) is 1.12. The molecule has 0 bridgehead atoms. The van der Waals surface area contributed by atoms with Gasteiger partial charge in [-0.25, -0.2) is 0 Å². The van der Waals surface area contributed by atoms with Gasteiger partial charge in [0.1, 0.15) is 12.1 Å². The summed E-state index contributed by atoms with van der Waals surface area (Å²) in [7, 11) is 0. The first-order valence-electron chi connectivity index (χ1n) is 4.65. The number of nitrogens with two attached hydrogens (primary N) is 1. The fraction of sp³-hybridized carbons (Fsp3) is 0.889. The first kappa shape index (κ1) is 13.7. The van der Waals surface area contributed by atoms with Crippen molar-refractivity contribution in [2.24, 2.45) is 11.7 Å². The molecule has 1 aliphatic heterocycles. The molecule has 1 saturated heterocycles. The Kier molecular flexibility index (Phi) is 6.08. The lowest BCUT2D eigenvalue weighted by atomic mass is 10.1. The number of rotatable bonds is 3. The quantitative estimate of drug-likeness (QED) is 0.717. The van der Waals surface area contributed by atoms with Crippen LogP contribution in [0.1, 0.15) is 20.3 Å². The molecule has 0 aromatic heterocycles. The van der Waals surface area contributed by atoms with Gasteiger partial charge in [-0.15, -0.1) is 12.4 Å². The Hall–Kier alpha value is -0.320. The highest BCUT2D eigenvalue weighted by atomic mass is 35.5. The van der Waals surface area contributed by atoms with E-state index in [1.165, 1.54) is 0 Å². The average molecular weight is 224 g/mol. The number of hydrogen-bond donors (Lipinski definition) is 1. The molecule has 0 amide bonds. The van der Waals surface area contributed by atoms with Crippen LogP contribution in [0.2, 0.25) is 0 Å². The number of esters is 1. The second kappa shape index (κ2) is 6.22. The van der Waals surface area contributed by atoms with Crippen LogP contribution in [0.3, 0.4) is 0 Å². The molecule has 1 heterocycles. The molecule has 2 N–H and O–H groups in total. The summed E-state index contributed by atoms with van der Waals surface area (Å²) in [6, 6.07) is -0.513. The Morgan fingerprint density at radius 1 is 1.57 bits per heavy atom. The molecule has 0 spiro atoms. The minimum atomic E-state index is -0.513. The van der Waals surface area contributed by atoms with E-state index in [4.69, 9.17) is 15.2 Å². The van der Waals surface area contributed by atoms with Gasteiger partial charge < -0.3 is 15.2 Å². The van der Waals surface area contributed by atoms with Crippen LogP contribution >= 0.6 is 12.4 Å². The smallest absolute Gasteiger partial charge is 0.323 e. The van der Waals surface area contributed by atoms with Gasteiger partial charge in [-0.1, -0.05) is 13.8 Å². The number of carbonyl (C=O) groups excluding carboxylic acids is 1. The minimum Gasteiger partial charge on any atom is -0.459 e. The van der Waals surface area contributed by atoms with Crippen LogP contribution in [0.25, 0.3) is 0 Å². The Labute approximate surface area is 90.5 Å². The van der Waals surface area contributed by atoms with E-state index in [-0.39, 0.29) is 30.4 Å². The Balaban J connectivity index is 0.00000169. The molecule has 0 unspecified atom stereocenters. The molecule has 0 aliphatic carbocycles. The van der Waals surface area contributed by atoms with Crippen LogP contribution in [0, 0.1) is 5.92 Å². The number of hydrogen-bond acceptors (Lipinski definition) is 4. The van der Waals surface area contributed by atoms with Crippen molar-refractivity contribution < 1.29 is 14.3 Å². The first-order chi connectivity index (χ1) is 6.11. The maximum atomic E-state index is 11.3. The SMILES string of the molecule is CC(C)[C@H](N)C(=O)O[C@H]1CCOC1.Cl. The Morgan fingerprint density at radius 2 is 2.21 bits per heavy atom. The van der Waals surface area contributed by atoms with Gasteiger partial charge in [-0.3, -0.25) is 4.79 Å². The summed E-state index contributed by atoms with van der Waals surface area (Å²) in [6.07, 6.45) is 0.702. The highest BCUT2D eigenvalue weighted by Crippen LogP contribution is 2.10. The summed E-state index contributed by atoms with van der Waals surface area (Å²) in [5.41, 5.74) is 5.62. The highest BCUT2D eigenvalue weighted by molar-refractivity contribution is 5.85. The molecule has 1 aliphatic rings. The highest BCUT2D eigenvalue weighted by Gasteiger charge is 2.25. The van der Waals surface area contributed by atoms with Crippen molar-refractivity contribution >= 4 is 18.4 Å². The lowest BCUT2D eigenvalue weighted by molar-refractivity contribution is -0.151. The summed E-state index contributed by atoms with van der Waals surface area (Å²) in [5, 5.41) is 0. The third-order valence-electron chi connectivity index (χ3n) is 2.16. The first-order valence-corrected chi connectivity index (χ1v) is 4.65. The zero-order chi connectivity index (χ0) is 9.84. The van der Waals surface area contributed by atoms with Crippen molar-refractivity contribution in [3.8, 4) is 0 Å². The van der Waals surface area contributed by atoms with Gasteiger partial charge in [0.25, 0.3) is 0 Å². The molecule has 2 atom stereocenters. The summed E-state index contributed by atoms with van der Waals surface area (Å²) in [4.78, 5) is 11.3. The van der Waals surface area contributed by atoms with Gasteiger partial charge in [-0.05, 0) is 5.92 Å². The number of halogens is 1. The van der Waals surface area contributed by atoms with Crippen molar-refractivity contribution in [2.45, 2.75) is 32.4 Å². The van der Waals surface area contributed by atoms with Crippen LogP contribution < -0.4 is 5.73 Å². The minimum absolute atomic E-state index is 0. The summed E-state index contributed by atoms with van der Waals surface area (Å²) in [6.45, 7) is 4.99.